The number of phenolic OH excluding ortho intramolecular Hbond substituents is 2. The molecule has 0 spiro atoms. The van der Waals surface area contributed by atoms with Crippen LogP contribution in [0.3, 0.4) is 0 Å². The van der Waals surface area contributed by atoms with Gasteiger partial charge in [0, 0.05) is 42.7 Å². The van der Waals surface area contributed by atoms with Gasteiger partial charge in [0.25, 0.3) is 0 Å². The molecule has 0 unspecified atom stereocenters. The van der Waals surface area contributed by atoms with E-state index in [-0.39, 0.29) is 65.7 Å². The second kappa shape index (κ2) is 6.94. The van der Waals surface area contributed by atoms with E-state index in [4.69, 9.17) is 0 Å². The van der Waals surface area contributed by atoms with Crippen LogP contribution in [-0.4, -0.2) is 32.0 Å². The highest BCUT2D eigenvalue weighted by Gasteiger charge is 2.43. The summed E-state index contributed by atoms with van der Waals surface area (Å²) in [6, 6.07) is 4.02. The van der Waals surface area contributed by atoms with E-state index < -0.39 is 22.5 Å². The van der Waals surface area contributed by atoms with Crippen molar-refractivity contribution in [1.82, 2.24) is 0 Å². The normalized spacial score (nSPS) is 21.8. The molecule has 0 saturated heterocycles. The molecule has 156 valence electrons. The maximum Gasteiger partial charge on any atom is 0.163 e. The largest absolute Gasteiger partial charge is 0.512 e. The van der Waals surface area contributed by atoms with Crippen molar-refractivity contribution in [2.75, 3.05) is 0 Å². The molecule has 6 nitrogen and oxygen atoms in total. The van der Waals surface area contributed by atoms with Crippen LogP contribution in [0.2, 0.25) is 0 Å². The van der Waals surface area contributed by atoms with Gasteiger partial charge in [0.1, 0.15) is 11.5 Å². The number of aliphatic hydroxyl groups is 2. The second-order valence-electron chi connectivity index (χ2n) is 9.78. The Kier molecular flexibility index (Phi) is 5.01. The van der Waals surface area contributed by atoms with Crippen LogP contribution in [0.1, 0.15) is 64.9 Å². The standard InChI is InChI=1S/C23H28O6/c1-22(2)8-15(26)20(16(27)9-22)19(12-5-6-13(24)14(25)7-12)21-17(28)10-23(3,4)11-18(21)29/h5-7,19,24-26,28H,8-11H2,1-4H3. The highest BCUT2D eigenvalue weighted by Crippen LogP contribution is 2.48. The fourth-order valence-corrected chi connectivity index (χ4v) is 4.46. The molecule has 1 aromatic rings. The Bertz CT molecular complexity index is 896. The van der Waals surface area contributed by atoms with Crippen molar-refractivity contribution in [2.24, 2.45) is 10.8 Å². The Balaban J connectivity index is 2.25. The van der Waals surface area contributed by atoms with Crippen LogP contribution >= 0.6 is 0 Å². The molecular weight excluding hydrogens is 372 g/mol. The summed E-state index contributed by atoms with van der Waals surface area (Å²) in [6.45, 7) is 7.52. The third-order valence-electron chi connectivity index (χ3n) is 5.70. The van der Waals surface area contributed by atoms with Crippen molar-refractivity contribution in [3.05, 3.63) is 46.4 Å². The van der Waals surface area contributed by atoms with E-state index in [1.807, 2.05) is 27.7 Å². The summed E-state index contributed by atoms with van der Waals surface area (Å²) in [5, 5.41) is 41.2. The van der Waals surface area contributed by atoms with E-state index in [0.29, 0.717) is 5.56 Å². The number of carbonyl (C=O) groups is 2. The first-order valence-electron chi connectivity index (χ1n) is 9.74. The fraction of sp³-hybridized carbons (Fsp3) is 0.478. The van der Waals surface area contributed by atoms with Crippen molar-refractivity contribution < 1.29 is 30.0 Å². The molecule has 0 amide bonds. The Morgan fingerprint density at radius 3 is 1.55 bits per heavy atom. The minimum Gasteiger partial charge on any atom is -0.512 e. The maximum atomic E-state index is 13.0. The summed E-state index contributed by atoms with van der Waals surface area (Å²) in [5.41, 5.74) is -0.333. The number of aliphatic hydroxyl groups excluding tert-OH is 2. The maximum absolute atomic E-state index is 13.0. The minimum atomic E-state index is -1.01. The Morgan fingerprint density at radius 1 is 0.724 bits per heavy atom. The summed E-state index contributed by atoms with van der Waals surface area (Å²) >= 11 is 0. The molecule has 0 fully saturated rings. The van der Waals surface area contributed by atoms with E-state index in [1.165, 1.54) is 18.2 Å². The number of allylic oxidation sites excluding steroid dienone is 4. The summed E-state index contributed by atoms with van der Waals surface area (Å²) in [4.78, 5) is 26.1. The molecule has 6 heteroatoms. The molecule has 0 heterocycles. The molecular formula is C23H28O6. The molecule has 0 atom stereocenters. The van der Waals surface area contributed by atoms with Gasteiger partial charge in [0.2, 0.25) is 0 Å². The quantitative estimate of drug-likeness (QED) is 0.552. The van der Waals surface area contributed by atoms with Gasteiger partial charge < -0.3 is 20.4 Å². The van der Waals surface area contributed by atoms with Crippen LogP contribution in [-0.2, 0) is 9.59 Å². The molecule has 29 heavy (non-hydrogen) atoms. The van der Waals surface area contributed by atoms with Gasteiger partial charge in [-0.3, -0.25) is 9.59 Å². The van der Waals surface area contributed by atoms with Crippen LogP contribution in [0.15, 0.2) is 40.9 Å². The lowest BCUT2D eigenvalue weighted by atomic mass is 9.67. The Morgan fingerprint density at radius 2 is 1.17 bits per heavy atom. The predicted octanol–water partition coefficient (Wildman–Crippen LogP) is 4.58. The fourth-order valence-electron chi connectivity index (χ4n) is 4.46. The minimum absolute atomic E-state index is 0.0732. The number of phenols is 2. The number of Topliss-reactive ketones (excluding diaryl/α,β-unsaturated/α-hetero) is 2. The van der Waals surface area contributed by atoms with E-state index in [9.17, 15) is 30.0 Å². The molecule has 0 radical (unpaired) electrons. The lowest BCUT2D eigenvalue weighted by molar-refractivity contribution is -0.119. The second-order valence-corrected chi connectivity index (χ2v) is 9.78. The number of benzene rings is 1. The number of ketones is 2. The molecule has 0 bridgehead atoms. The average molecular weight is 400 g/mol. The first-order valence-corrected chi connectivity index (χ1v) is 9.74. The molecule has 3 rings (SSSR count). The summed E-state index contributed by atoms with van der Waals surface area (Å²) in [6.07, 6.45) is 0.923. The lowest BCUT2D eigenvalue weighted by Gasteiger charge is -2.36. The van der Waals surface area contributed by atoms with Gasteiger partial charge in [-0.1, -0.05) is 33.8 Å². The van der Waals surface area contributed by atoms with E-state index >= 15 is 0 Å². The summed E-state index contributed by atoms with van der Waals surface area (Å²) < 4.78 is 0. The SMILES string of the molecule is CC1(C)CC(=O)C(C(C2=C(O)CC(C)(C)CC2=O)c2ccc(O)c(O)c2)=C(O)C1. The molecule has 0 aromatic heterocycles. The zero-order valence-electron chi connectivity index (χ0n) is 17.2. The molecule has 2 aliphatic rings. The van der Waals surface area contributed by atoms with Crippen molar-refractivity contribution in [3.8, 4) is 11.5 Å². The van der Waals surface area contributed by atoms with Crippen LogP contribution in [0.4, 0.5) is 0 Å². The number of carbonyl (C=O) groups excluding carboxylic acids is 2. The van der Waals surface area contributed by atoms with Gasteiger partial charge in [0.05, 0.1) is 0 Å². The highest BCUT2D eigenvalue weighted by molar-refractivity contribution is 6.05. The smallest absolute Gasteiger partial charge is 0.163 e. The summed E-state index contributed by atoms with van der Waals surface area (Å²) in [5.74, 6) is -2.56. The van der Waals surface area contributed by atoms with Crippen LogP contribution in [0, 0.1) is 10.8 Å². The molecule has 1 aromatic carbocycles. The monoisotopic (exact) mass is 400 g/mol. The lowest BCUT2D eigenvalue weighted by Crippen LogP contribution is -2.33. The van der Waals surface area contributed by atoms with Crippen molar-refractivity contribution in [2.45, 2.75) is 59.3 Å². The van der Waals surface area contributed by atoms with Gasteiger partial charge in [-0.05, 0) is 28.5 Å². The first-order chi connectivity index (χ1) is 13.3. The average Bonchev–Trinajstić information content (AvgIpc) is 2.52. The van der Waals surface area contributed by atoms with Gasteiger partial charge >= 0.3 is 0 Å². The van der Waals surface area contributed by atoms with Crippen molar-refractivity contribution in [3.63, 3.8) is 0 Å². The van der Waals surface area contributed by atoms with Gasteiger partial charge in [-0.2, -0.15) is 0 Å². The third kappa shape index (κ3) is 4.02. The van der Waals surface area contributed by atoms with Crippen molar-refractivity contribution >= 4 is 11.6 Å². The van der Waals surface area contributed by atoms with Gasteiger partial charge in [-0.25, -0.2) is 0 Å². The molecule has 2 aliphatic carbocycles. The third-order valence-corrected chi connectivity index (χ3v) is 5.70. The Labute approximate surface area is 170 Å². The molecule has 4 N–H and O–H groups in total. The van der Waals surface area contributed by atoms with E-state index in [2.05, 4.69) is 0 Å². The Hall–Kier alpha value is -2.76. The number of aromatic hydroxyl groups is 2. The van der Waals surface area contributed by atoms with Crippen LogP contribution in [0.25, 0.3) is 0 Å². The number of hydrogen-bond acceptors (Lipinski definition) is 6. The topological polar surface area (TPSA) is 115 Å². The van der Waals surface area contributed by atoms with E-state index in [0.717, 1.165) is 0 Å². The first kappa shape index (κ1) is 21.0. The van der Waals surface area contributed by atoms with Crippen LogP contribution < -0.4 is 0 Å². The van der Waals surface area contributed by atoms with Crippen molar-refractivity contribution in [1.29, 1.82) is 0 Å². The highest BCUT2D eigenvalue weighted by atomic mass is 16.3. The van der Waals surface area contributed by atoms with Gasteiger partial charge in [-0.15, -0.1) is 0 Å². The zero-order chi connectivity index (χ0) is 21.7. The summed E-state index contributed by atoms with van der Waals surface area (Å²) in [7, 11) is 0. The number of hydrogen-bond donors (Lipinski definition) is 4. The van der Waals surface area contributed by atoms with Gasteiger partial charge in [0.15, 0.2) is 23.1 Å². The zero-order valence-corrected chi connectivity index (χ0v) is 17.2. The molecule has 0 saturated carbocycles. The van der Waals surface area contributed by atoms with E-state index in [1.54, 1.807) is 0 Å². The number of rotatable bonds is 3. The van der Waals surface area contributed by atoms with Crippen LogP contribution in [0.5, 0.6) is 11.5 Å². The molecule has 0 aliphatic heterocycles. The predicted molar refractivity (Wildman–Crippen MR) is 108 cm³/mol.